The highest BCUT2D eigenvalue weighted by molar-refractivity contribution is 6.02. The van der Waals surface area contributed by atoms with E-state index >= 15 is 0 Å². The Hall–Kier alpha value is -3.35. The molecule has 0 radical (unpaired) electrons. The van der Waals surface area contributed by atoms with Gasteiger partial charge in [0.25, 0.3) is 5.91 Å². The number of ether oxygens (including phenoxy) is 1. The SMILES string of the molecule is CCOc1ccc(C(=O)NC(C(=O)Nc2ccc3[nH]ncc3c2)C(C)C)cc1. The van der Waals surface area contributed by atoms with Crippen molar-refractivity contribution in [2.75, 3.05) is 11.9 Å². The number of amides is 2. The molecule has 0 aliphatic heterocycles. The van der Waals surface area contributed by atoms with Crippen molar-refractivity contribution < 1.29 is 14.3 Å². The van der Waals surface area contributed by atoms with Gasteiger partial charge < -0.3 is 15.4 Å². The van der Waals surface area contributed by atoms with Crippen molar-refractivity contribution in [3.63, 3.8) is 0 Å². The number of anilines is 1. The largest absolute Gasteiger partial charge is 0.494 e. The predicted molar refractivity (Wildman–Crippen MR) is 108 cm³/mol. The Bertz CT molecular complexity index is 963. The van der Waals surface area contributed by atoms with Crippen LogP contribution in [0, 0.1) is 5.92 Å². The number of nitrogens with zero attached hydrogens (tertiary/aromatic N) is 1. The van der Waals surface area contributed by atoms with Crippen LogP contribution in [0.1, 0.15) is 31.1 Å². The molecule has 2 amide bonds. The zero-order valence-electron chi connectivity index (χ0n) is 16.2. The molecular formula is C21H24N4O3. The van der Waals surface area contributed by atoms with E-state index in [-0.39, 0.29) is 17.7 Å². The van der Waals surface area contributed by atoms with E-state index in [0.29, 0.717) is 23.6 Å². The van der Waals surface area contributed by atoms with Gasteiger partial charge in [-0.3, -0.25) is 14.7 Å². The van der Waals surface area contributed by atoms with Gasteiger partial charge in [-0.05, 0) is 55.3 Å². The molecule has 0 fully saturated rings. The van der Waals surface area contributed by atoms with E-state index in [0.717, 1.165) is 10.9 Å². The average Bonchev–Trinajstić information content (AvgIpc) is 3.14. The molecule has 3 N–H and O–H groups in total. The first-order valence-electron chi connectivity index (χ1n) is 9.25. The number of fused-ring (bicyclic) bond motifs is 1. The number of H-pyrrole nitrogens is 1. The molecule has 0 bridgehead atoms. The van der Waals surface area contributed by atoms with Crippen molar-refractivity contribution in [3.05, 3.63) is 54.2 Å². The van der Waals surface area contributed by atoms with E-state index in [4.69, 9.17) is 4.74 Å². The zero-order chi connectivity index (χ0) is 20.1. The highest BCUT2D eigenvalue weighted by atomic mass is 16.5. The summed E-state index contributed by atoms with van der Waals surface area (Å²) < 4.78 is 5.39. The molecule has 3 rings (SSSR count). The summed E-state index contributed by atoms with van der Waals surface area (Å²) in [7, 11) is 0. The maximum atomic E-state index is 12.8. The Balaban J connectivity index is 1.69. The van der Waals surface area contributed by atoms with Gasteiger partial charge in [0.2, 0.25) is 5.91 Å². The quantitative estimate of drug-likeness (QED) is 0.586. The lowest BCUT2D eigenvalue weighted by Gasteiger charge is -2.22. The van der Waals surface area contributed by atoms with E-state index < -0.39 is 6.04 Å². The lowest BCUT2D eigenvalue weighted by molar-refractivity contribution is -0.118. The first-order valence-corrected chi connectivity index (χ1v) is 9.25. The molecule has 2 aromatic carbocycles. The summed E-state index contributed by atoms with van der Waals surface area (Å²) in [6.07, 6.45) is 1.69. The number of hydrogen-bond acceptors (Lipinski definition) is 4. The number of rotatable bonds is 7. The second kappa shape index (κ2) is 8.56. The molecular weight excluding hydrogens is 356 g/mol. The number of aromatic amines is 1. The lowest BCUT2D eigenvalue weighted by Crippen LogP contribution is -2.47. The average molecular weight is 380 g/mol. The summed E-state index contributed by atoms with van der Waals surface area (Å²) in [4.78, 5) is 25.3. The summed E-state index contributed by atoms with van der Waals surface area (Å²) in [6.45, 7) is 6.24. The fraction of sp³-hybridized carbons (Fsp3) is 0.286. The first kappa shape index (κ1) is 19.4. The first-order chi connectivity index (χ1) is 13.5. The van der Waals surface area contributed by atoms with Gasteiger partial charge in [-0.25, -0.2) is 0 Å². The number of hydrogen-bond donors (Lipinski definition) is 3. The minimum absolute atomic E-state index is 0.0793. The van der Waals surface area contributed by atoms with Crippen molar-refractivity contribution in [3.8, 4) is 5.75 Å². The van der Waals surface area contributed by atoms with Crippen molar-refractivity contribution in [2.24, 2.45) is 5.92 Å². The molecule has 7 nitrogen and oxygen atoms in total. The highest BCUT2D eigenvalue weighted by Crippen LogP contribution is 2.18. The van der Waals surface area contributed by atoms with Crippen LogP contribution < -0.4 is 15.4 Å². The number of nitrogens with one attached hydrogen (secondary N) is 3. The Kier molecular flexibility index (Phi) is 5.93. The second-order valence-electron chi connectivity index (χ2n) is 6.81. The normalized spacial score (nSPS) is 12.0. The fourth-order valence-corrected chi connectivity index (χ4v) is 2.87. The molecule has 0 saturated heterocycles. The summed E-state index contributed by atoms with van der Waals surface area (Å²) >= 11 is 0. The van der Waals surface area contributed by atoms with Crippen molar-refractivity contribution in [1.29, 1.82) is 0 Å². The summed E-state index contributed by atoms with van der Waals surface area (Å²) in [5.41, 5.74) is 2.02. The van der Waals surface area contributed by atoms with Crippen LogP contribution in [-0.4, -0.2) is 34.7 Å². The summed E-state index contributed by atoms with van der Waals surface area (Å²) in [5.74, 6) is 0.0514. The molecule has 146 valence electrons. The van der Waals surface area contributed by atoms with E-state index in [9.17, 15) is 9.59 Å². The van der Waals surface area contributed by atoms with E-state index in [2.05, 4.69) is 20.8 Å². The molecule has 28 heavy (non-hydrogen) atoms. The molecule has 1 heterocycles. The van der Waals surface area contributed by atoms with Crippen molar-refractivity contribution in [2.45, 2.75) is 26.8 Å². The monoisotopic (exact) mass is 380 g/mol. The fourth-order valence-electron chi connectivity index (χ4n) is 2.87. The molecule has 1 atom stereocenters. The third kappa shape index (κ3) is 4.49. The molecule has 0 aliphatic carbocycles. The maximum absolute atomic E-state index is 12.8. The highest BCUT2D eigenvalue weighted by Gasteiger charge is 2.25. The molecule has 0 saturated carbocycles. The van der Waals surface area contributed by atoms with Crippen LogP contribution in [0.15, 0.2) is 48.7 Å². The van der Waals surface area contributed by atoms with Gasteiger partial charge in [-0.15, -0.1) is 0 Å². The van der Waals surface area contributed by atoms with Crippen molar-refractivity contribution in [1.82, 2.24) is 15.5 Å². The molecule has 0 aliphatic rings. The maximum Gasteiger partial charge on any atom is 0.251 e. The van der Waals surface area contributed by atoms with Gasteiger partial charge in [0.15, 0.2) is 0 Å². The van der Waals surface area contributed by atoms with Crippen LogP contribution in [0.4, 0.5) is 5.69 Å². The van der Waals surface area contributed by atoms with Gasteiger partial charge in [0.05, 0.1) is 18.3 Å². The molecule has 1 aromatic heterocycles. The van der Waals surface area contributed by atoms with Crippen LogP contribution in [0.25, 0.3) is 10.9 Å². The standard InChI is InChI=1S/C21H24N4O3/c1-4-28-17-8-5-14(6-9-17)20(26)24-19(13(2)3)21(27)23-16-7-10-18-15(11-16)12-22-25-18/h5-13,19H,4H2,1-3H3,(H,22,25)(H,23,27)(H,24,26). The smallest absolute Gasteiger partial charge is 0.251 e. The van der Waals surface area contributed by atoms with E-state index in [1.54, 1.807) is 36.5 Å². The third-order valence-corrected chi connectivity index (χ3v) is 4.37. The second-order valence-corrected chi connectivity index (χ2v) is 6.81. The van der Waals surface area contributed by atoms with Crippen molar-refractivity contribution >= 4 is 28.4 Å². The third-order valence-electron chi connectivity index (χ3n) is 4.37. The number of carbonyl (C=O) groups is 2. The van der Waals surface area contributed by atoms with Crippen LogP contribution in [0.2, 0.25) is 0 Å². The number of aromatic nitrogens is 2. The molecule has 0 spiro atoms. The van der Waals surface area contributed by atoms with Gasteiger partial charge in [0.1, 0.15) is 11.8 Å². The zero-order valence-corrected chi connectivity index (χ0v) is 16.2. The van der Waals surface area contributed by atoms with Gasteiger partial charge in [-0.1, -0.05) is 13.8 Å². The topological polar surface area (TPSA) is 96.1 Å². The Morgan fingerprint density at radius 3 is 2.57 bits per heavy atom. The minimum atomic E-state index is -0.667. The Morgan fingerprint density at radius 2 is 1.89 bits per heavy atom. The van der Waals surface area contributed by atoms with Crippen LogP contribution >= 0.6 is 0 Å². The van der Waals surface area contributed by atoms with Gasteiger partial charge in [-0.2, -0.15) is 5.10 Å². The van der Waals surface area contributed by atoms with E-state index in [1.807, 2.05) is 32.9 Å². The Morgan fingerprint density at radius 1 is 1.14 bits per heavy atom. The van der Waals surface area contributed by atoms with Crippen LogP contribution in [0.3, 0.4) is 0 Å². The minimum Gasteiger partial charge on any atom is -0.494 e. The van der Waals surface area contributed by atoms with Gasteiger partial charge in [0, 0.05) is 16.6 Å². The van der Waals surface area contributed by atoms with Gasteiger partial charge >= 0.3 is 0 Å². The van der Waals surface area contributed by atoms with Crippen LogP contribution in [-0.2, 0) is 4.79 Å². The summed E-state index contributed by atoms with van der Waals surface area (Å²) in [6, 6.07) is 11.7. The number of carbonyl (C=O) groups excluding carboxylic acids is 2. The molecule has 7 heteroatoms. The van der Waals surface area contributed by atoms with E-state index in [1.165, 1.54) is 0 Å². The Labute approximate surface area is 163 Å². The summed E-state index contributed by atoms with van der Waals surface area (Å²) in [5, 5.41) is 13.4. The number of benzene rings is 2. The van der Waals surface area contributed by atoms with Crippen LogP contribution in [0.5, 0.6) is 5.75 Å². The lowest BCUT2D eigenvalue weighted by atomic mass is 10.0. The predicted octanol–water partition coefficient (Wildman–Crippen LogP) is 3.35. The molecule has 3 aromatic rings. The molecule has 1 unspecified atom stereocenters.